The molecule has 0 fully saturated rings. The topological polar surface area (TPSA) is 39.2 Å². The Balaban J connectivity index is 2.56. The fourth-order valence-electron chi connectivity index (χ4n) is 1.29. The number of carbonyl (C=O) groups is 1. The van der Waals surface area contributed by atoms with Gasteiger partial charge in [0.1, 0.15) is 0 Å². The highest BCUT2D eigenvalue weighted by Gasteiger charge is 2.18. The molecule has 0 saturated heterocycles. The summed E-state index contributed by atoms with van der Waals surface area (Å²) in [5.41, 5.74) is 1.36. The van der Waals surface area contributed by atoms with E-state index in [-0.39, 0.29) is 11.4 Å². The second-order valence-corrected chi connectivity index (χ2v) is 4.58. The lowest BCUT2D eigenvalue weighted by Crippen LogP contribution is -2.23. The molecular weight excluding hydrogens is 202 g/mol. The number of Topliss-reactive ketones (excluding diaryl/α,β-unsaturated/α-hetero) is 1. The third kappa shape index (κ3) is 3.74. The molecule has 0 amide bonds. The molecule has 1 heterocycles. The highest BCUT2D eigenvalue weighted by Crippen LogP contribution is 2.17. The summed E-state index contributed by atoms with van der Waals surface area (Å²) in [6, 6.07) is 3.68. The molecule has 0 radical (unpaired) electrons. The number of aromatic nitrogens is 1. The van der Waals surface area contributed by atoms with E-state index in [2.05, 4.69) is 4.98 Å². The van der Waals surface area contributed by atoms with Crippen LogP contribution in [0.5, 0.6) is 0 Å². The first-order valence-electron chi connectivity index (χ1n) is 5.45. The molecule has 0 spiro atoms. The fraction of sp³-hybridized carbons (Fsp3) is 0.538. The van der Waals surface area contributed by atoms with Crippen molar-refractivity contribution in [3.8, 4) is 0 Å². The van der Waals surface area contributed by atoms with Crippen LogP contribution in [0.4, 0.5) is 0 Å². The predicted molar refractivity (Wildman–Crippen MR) is 63.6 cm³/mol. The molecule has 0 aliphatic rings. The molecule has 16 heavy (non-hydrogen) atoms. The zero-order valence-corrected chi connectivity index (χ0v) is 10.4. The van der Waals surface area contributed by atoms with Crippen LogP contribution in [0, 0.1) is 6.92 Å². The molecule has 0 aliphatic carbocycles. The van der Waals surface area contributed by atoms with E-state index in [0.29, 0.717) is 12.0 Å². The summed E-state index contributed by atoms with van der Waals surface area (Å²) in [7, 11) is 1.66. The van der Waals surface area contributed by atoms with Crippen molar-refractivity contribution in [2.24, 2.45) is 0 Å². The minimum Gasteiger partial charge on any atom is -0.379 e. The number of pyridine rings is 1. The molecule has 0 saturated carbocycles. The Labute approximate surface area is 96.8 Å². The lowest BCUT2D eigenvalue weighted by atomic mass is 9.98. The van der Waals surface area contributed by atoms with Crippen LogP contribution in [0.25, 0.3) is 0 Å². The van der Waals surface area contributed by atoms with Gasteiger partial charge in [-0.25, -0.2) is 0 Å². The SMILES string of the molecule is COC(C)(C)CCC(=O)c1ccc(C)nc1. The Hall–Kier alpha value is -1.22. The number of ether oxygens (including phenoxy) is 1. The van der Waals surface area contributed by atoms with Crippen LogP contribution >= 0.6 is 0 Å². The van der Waals surface area contributed by atoms with E-state index in [4.69, 9.17) is 4.74 Å². The van der Waals surface area contributed by atoms with Crippen molar-refractivity contribution < 1.29 is 9.53 Å². The molecule has 0 aromatic carbocycles. The predicted octanol–water partition coefficient (Wildman–Crippen LogP) is 2.78. The maximum absolute atomic E-state index is 11.8. The average molecular weight is 221 g/mol. The average Bonchev–Trinajstić information content (AvgIpc) is 2.27. The van der Waals surface area contributed by atoms with Crippen LogP contribution in [-0.4, -0.2) is 23.5 Å². The molecule has 0 aliphatic heterocycles. The van der Waals surface area contributed by atoms with Gasteiger partial charge in [0.05, 0.1) is 5.60 Å². The number of hydrogen-bond acceptors (Lipinski definition) is 3. The van der Waals surface area contributed by atoms with Crippen molar-refractivity contribution in [2.45, 2.75) is 39.2 Å². The molecule has 0 unspecified atom stereocenters. The first kappa shape index (κ1) is 12.8. The lowest BCUT2D eigenvalue weighted by Gasteiger charge is -2.22. The van der Waals surface area contributed by atoms with Crippen LogP contribution in [0.2, 0.25) is 0 Å². The van der Waals surface area contributed by atoms with E-state index in [1.807, 2.05) is 32.9 Å². The molecular formula is C13H19NO2. The molecule has 1 rings (SSSR count). The van der Waals surface area contributed by atoms with Crippen molar-refractivity contribution in [1.29, 1.82) is 0 Å². The molecule has 88 valence electrons. The Kier molecular flexibility index (Phi) is 4.19. The summed E-state index contributed by atoms with van der Waals surface area (Å²) >= 11 is 0. The maximum Gasteiger partial charge on any atom is 0.164 e. The van der Waals surface area contributed by atoms with Crippen LogP contribution in [0.1, 0.15) is 42.7 Å². The van der Waals surface area contributed by atoms with Gasteiger partial charge in [-0.2, -0.15) is 0 Å². The highest BCUT2D eigenvalue weighted by molar-refractivity contribution is 5.95. The normalized spacial score (nSPS) is 11.5. The van der Waals surface area contributed by atoms with Gasteiger partial charge in [-0.05, 0) is 39.3 Å². The van der Waals surface area contributed by atoms with Gasteiger partial charge in [-0.3, -0.25) is 9.78 Å². The smallest absolute Gasteiger partial charge is 0.164 e. The number of rotatable bonds is 5. The number of methoxy groups -OCH3 is 1. The molecule has 0 bridgehead atoms. The quantitative estimate of drug-likeness (QED) is 0.718. The van der Waals surface area contributed by atoms with Gasteiger partial charge in [0.2, 0.25) is 0 Å². The molecule has 1 aromatic heterocycles. The third-order valence-electron chi connectivity index (χ3n) is 2.74. The van der Waals surface area contributed by atoms with Gasteiger partial charge in [0.15, 0.2) is 5.78 Å². The van der Waals surface area contributed by atoms with Gasteiger partial charge < -0.3 is 4.74 Å². The first-order chi connectivity index (χ1) is 7.44. The van der Waals surface area contributed by atoms with Crippen molar-refractivity contribution in [3.05, 3.63) is 29.6 Å². The molecule has 3 heteroatoms. The Morgan fingerprint density at radius 2 is 2.12 bits per heavy atom. The van der Waals surface area contributed by atoms with E-state index in [0.717, 1.165) is 12.1 Å². The summed E-state index contributed by atoms with van der Waals surface area (Å²) < 4.78 is 5.28. The summed E-state index contributed by atoms with van der Waals surface area (Å²) in [6.07, 6.45) is 2.85. The Morgan fingerprint density at radius 1 is 1.44 bits per heavy atom. The molecule has 1 aromatic rings. The number of carbonyl (C=O) groups excluding carboxylic acids is 1. The minimum atomic E-state index is -0.242. The summed E-state index contributed by atoms with van der Waals surface area (Å²) in [5, 5.41) is 0. The van der Waals surface area contributed by atoms with Gasteiger partial charge in [-0.1, -0.05) is 0 Å². The van der Waals surface area contributed by atoms with E-state index in [9.17, 15) is 4.79 Å². The van der Waals surface area contributed by atoms with Gasteiger partial charge in [0, 0.05) is 31.0 Å². The zero-order chi connectivity index (χ0) is 12.2. The van der Waals surface area contributed by atoms with Gasteiger partial charge in [-0.15, -0.1) is 0 Å². The summed E-state index contributed by atoms with van der Waals surface area (Å²) in [5.74, 6) is 0.123. The monoisotopic (exact) mass is 221 g/mol. The molecule has 3 nitrogen and oxygen atoms in total. The van der Waals surface area contributed by atoms with Gasteiger partial charge >= 0.3 is 0 Å². The van der Waals surface area contributed by atoms with Crippen LogP contribution in [0.15, 0.2) is 18.3 Å². The highest BCUT2D eigenvalue weighted by atomic mass is 16.5. The lowest BCUT2D eigenvalue weighted by molar-refractivity contribution is 0.0141. The number of nitrogens with zero attached hydrogens (tertiary/aromatic N) is 1. The van der Waals surface area contributed by atoms with Crippen molar-refractivity contribution >= 4 is 5.78 Å². The third-order valence-corrected chi connectivity index (χ3v) is 2.74. The number of aryl methyl sites for hydroxylation is 1. The van der Waals surface area contributed by atoms with E-state index < -0.39 is 0 Å². The van der Waals surface area contributed by atoms with E-state index >= 15 is 0 Å². The number of hydrogen-bond donors (Lipinski definition) is 0. The molecule has 0 N–H and O–H groups in total. The first-order valence-corrected chi connectivity index (χ1v) is 5.45. The van der Waals surface area contributed by atoms with Crippen LogP contribution < -0.4 is 0 Å². The largest absolute Gasteiger partial charge is 0.379 e. The zero-order valence-electron chi connectivity index (χ0n) is 10.4. The van der Waals surface area contributed by atoms with Crippen molar-refractivity contribution in [3.63, 3.8) is 0 Å². The number of ketones is 1. The van der Waals surface area contributed by atoms with Gasteiger partial charge in [0.25, 0.3) is 0 Å². The van der Waals surface area contributed by atoms with Crippen molar-refractivity contribution in [1.82, 2.24) is 4.98 Å². The summed E-state index contributed by atoms with van der Waals surface area (Å²) in [4.78, 5) is 15.9. The fourth-order valence-corrected chi connectivity index (χ4v) is 1.29. The van der Waals surface area contributed by atoms with Crippen molar-refractivity contribution in [2.75, 3.05) is 7.11 Å². The standard InChI is InChI=1S/C13H19NO2/c1-10-5-6-11(9-14-10)12(15)7-8-13(2,3)16-4/h5-6,9H,7-8H2,1-4H3. The Morgan fingerprint density at radius 3 is 2.62 bits per heavy atom. The van der Waals surface area contributed by atoms with Crippen LogP contribution in [-0.2, 0) is 4.74 Å². The van der Waals surface area contributed by atoms with Crippen LogP contribution in [0.3, 0.4) is 0 Å². The van der Waals surface area contributed by atoms with E-state index in [1.165, 1.54) is 0 Å². The molecule has 0 atom stereocenters. The minimum absolute atomic E-state index is 0.123. The van der Waals surface area contributed by atoms with E-state index in [1.54, 1.807) is 13.3 Å². The second-order valence-electron chi connectivity index (χ2n) is 4.58. The Bertz CT molecular complexity index is 355. The second kappa shape index (κ2) is 5.21. The maximum atomic E-state index is 11.8. The summed E-state index contributed by atoms with van der Waals surface area (Å²) in [6.45, 7) is 5.86.